The molecule has 0 aliphatic carbocycles. The van der Waals surface area contributed by atoms with Crippen molar-refractivity contribution in [2.45, 2.75) is 129 Å². The van der Waals surface area contributed by atoms with Gasteiger partial charge in [-0.3, -0.25) is 4.79 Å². The summed E-state index contributed by atoms with van der Waals surface area (Å²) in [5.74, 6) is 1.18. The zero-order valence-corrected chi connectivity index (χ0v) is 20.2. The number of rotatable bonds is 22. The van der Waals surface area contributed by atoms with Crippen LogP contribution in [-0.2, 0) is 4.79 Å². The average molecular weight is 428 g/mol. The third kappa shape index (κ3) is 22.0. The highest BCUT2D eigenvalue weighted by atomic mass is 32.2. The van der Waals surface area contributed by atoms with Crippen molar-refractivity contribution in [3.05, 3.63) is 11.5 Å². The molecule has 1 atom stereocenters. The van der Waals surface area contributed by atoms with E-state index >= 15 is 0 Å². The fraction of sp³-hybridized carbons (Fsp3) is 0.880. The highest BCUT2D eigenvalue weighted by Crippen LogP contribution is 2.13. The first-order valence-electron chi connectivity index (χ1n) is 12.4. The molecule has 0 spiro atoms. The van der Waals surface area contributed by atoms with Gasteiger partial charge in [-0.05, 0) is 24.0 Å². The number of hydrogen-bond donors (Lipinski definition) is 2. The summed E-state index contributed by atoms with van der Waals surface area (Å²) < 4.78 is 0. The summed E-state index contributed by atoms with van der Waals surface area (Å²) in [6.45, 7) is 4.44. The maximum Gasteiger partial charge on any atom is 0.220 e. The Morgan fingerprint density at radius 2 is 1.28 bits per heavy atom. The minimum Gasteiger partial charge on any atom is -0.394 e. The molecule has 0 aromatic rings. The first-order valence-corrected chi connectivity index (χ1v) is 13.5. The number of carbonyl (C=O) groups is 1. The van der Waals surface area contributed by atoms with Gasteiger partial charge < -0.3 is 10.4 Å². The van der Waals surface area contributed by atoms with E-state index in [0.29, 0.717) is 6.42 Å². The van der Waals surface area contributed by atoms with Gasteiger partial charge in [-0.15, -0.1) is 11.8 Å². The van der Waals surface area contributed by atoms with Crippen molar-refractivity contribution in [3.8, 4) is 0 Å². The molecule has 0 saturated heterocycles. The van der Waals surface area contributed by atoms with Gasteiger partial charge >= 0.3 is 0 Å². The minimum atomic E-state index is -0.247. The molecule has 0 aliphatic rings. The molecule has 172 valence electrons. The first-order chi connectivity index (χ1) is 14.2. The number of carbonyl (C=O) groups excluding carboxylic acids is 1. The third-order valence-corrected chi connectivity index (χ3v) is 6.20. The van der Waals surface area contributed by atoms with E-state index in [-0.39, 0.29) is 18.6 Å². The summed E-state index contributed by atoms with van der Waals surface area (Å²) in [5.41, 5.74) is 0. The molecule has 4 heteroatoms. The summed E-state index contributed by atoms with van der Waals surface area (Å²) in [6, 6.07) is -0.247. The molecule has 29 heavy (non-hydrogen) atoms. The smallest absolute Gasteiger partial charge is 0.220 e. The number of aliphatic hydroxyl groups excluding tert-OH is 1. The molecule has 0 radical (unpaired) electrons. The number of amides is 1. The second-order valence-corrected chi connectivity index (χ2v) is 9.27. The van der Waals surface area contributed by atoms with E-state index < -0.39 is 0 Å². The molecule has 0 saturated carbocycles. The standard InChI is InChI=1S/C25H49NO2S/c1-3-5-7-9-10-11-12-13-14-16-18-21-29-22-20-24(23-27)26-25(28)19-17-15-8-6-4-2/h20,22,24,27H,3-19,21,23H2,1-2H3,(H,26,28)/b22-20+. The van der Waals surface area contributed by atoms with Gasteiger partial charge in [0.05, 0.1) is 12.6 Å². The van der Waals surface area contributed by atoms with Crippen LogP contribution < -0.4 is 5.32 Å². The van der Waals surface area contributed by atoms with Crippen LogP contribution in [0.3, 0.4) is 0 Å². The molecule has 0 fully saturated rings. The lowest BCUT2D eigenvalue weighted by Gasteiger charge is -2.12. The number of unbranched alkanes of at least 4 members (excludes halogenated alkanes) is 14. The minimum absolute atomic E-state index is 0.0307. The first kappa shape index (κ1) is 28.5. The average Bonchev–Trinajstić information content (AvgIpc) is 2.73. The maximum absolute atomic E-state index is 11.9. The normalized spacial score (nSPS) is 12.5. The van der Waals surface area contributed by atoms with Crippen LogP contribution in [0.25, 0.3) is 0 Å². The van der Waals surface area contributed by atoms with E-state index in [2.05, 4.69) is 19.2 Å². The van der Waals surface area contributed by atoms with Gasteiger partial charge in [0.2, 0.25) is 5.91 Å². The number of thioether (sulfide) groups is 1. The number of nitrogens with one attached hydrogen (secondary N) is 1. The Hall–Kier alpha value is -0.480. The zero-order valence-electron chi connectivity index (χ0n) is 19.4. The molecule has 0 heterocycles. The molecule has 1 amide bonds. The molecule has 0 aromatic heterocycles. The lowest BCUT2D eigenvalue weighted by molar-refractivity contribution is -0.121. The lowest BCUT2D eigenvalue weighted by atomic mass is 10.1. The van der Waals surface area contributed by atoms with E-state index in [1.807, 2.05) is 11.5 Å². The summed E-state index contributed by atoms with van der Waals surface area (Å²) in [4.78, 5) is 11.9. The van der Waals surface area contributed by atoms with Crippen molar-refractivity contribution < 1.29 is 9.90 Å². The Balaban J connectivity index is 3.50. The summed E-state index contributed by atoms with van der Waals surface area (Å²) in [6.07, 6.45) is 23.3. The van der Waals surface area contributed by atoms with Gasteiger partial charge in [0.25, 0.3) is 0 Å². The molecule has 0 bridgehead atoms. The van der Waals surface area contributed by atoms with E-state index in [1.54, 1.807) is 11.8 Å². The molecule has 3 nitrogen and oxygen atoms in total. The summed E-state index contributed by atoms with van der Waals surface area (Å²) in [5, 5.41) is 14.4. The highest BCUT2D eigenvalue weighted by Gasteiger charge is 2.07. The molecule has 0 aromatic carbocycles. The van der Waals surface area contributed by atoms with Crippen LogP contribution in [0.5, 0.6) is 0 Å². The largest absolute Gasteiger partial charge is 0.394 e. The van der Waals surface area contributed by atoms with Crippen LogP contribution in [0.15, 0.2) is 11.5 Å². The second kappa shape index (κ2) is 23.8. The highest BCUT2D eigenvalue weighted by molar-refractivity contribution is 8.02. The van der Waals surface area contributed by atoms with Crippen molar-refractivity contribution in [1.82, 2.24) is 5.32 Å². The topological polar surface area (TPSA) is 49.3 Å². The Bertz CT molecular complexity index is 374. The summed E-state index contributed by atoms with van der Waals surface area (Å²) >= 11 is 1.79. The lowest BCUT2D eigenvalue weighted by Crippen LogP contribution is -2.35. The van der Waals surface area contributed by atoms with Crippen LogP contribution >= 0.6 is 11.8 Å². The van der Waals surface area contributed by atoms with Gasteiger partial charge in [0, 0.05) is 6.42 Å². The van der Waals surface area contributed by atoms with Crippen molar-refractivity contribution in [2.24, 2.45) is 0 Å². The third-order valence-electron chi connectivity index (χ3n) is 5.32. The van der Waals surface area contributed by atoms with Crippen molar-refractivity contribution in [2.75, 3.05) is 12.4 Å². The van der Waals surface area contributed by atoms with E-state index in [9.17, 15) is 9.90 Å². The van der Waals surface area contributed by atoms with Crippen molar-refractivity contribution >= 4 is 17.7 Å². The predicted molar refractivity (Wildman–Crippen MR) is 130 cm³/mol. The fourth-order valence-electron chi connectivity index (χ4n) is 3.39. The Morgan fingerprint density at radius 3 is 1.79 bits per heavy atom. The van der Waals surface area contributed by atoms with Crippen LogP contribution in [0.1, 0.15) is 123 Å². The summed E-state index contributed by atoms with van der Waals surface area (Å²) in [7, 11) is 0. The van der Waals surface area contributed by atoms with E-state index in [1.165, 1.54) is 89.9 Å². The predicted octanol–water partition coefficient (Wildman–Crippen LogP) is 7.38. The Kier molecular flexibility index (Phi) is 23.4. The Morgan fingerprint density at radius 1 is 0.793 bits per heavy atom. The molecular weight excluding hydrogens is 378 g/mol. The quantitative estimate of drug-likeness (QED) is 0.177. The SMILES string of the molecule is CCCCCCCCCCCCCS/C=C/C(CO)NC(=O)CCCCCCC. The van der Waals surface area contributed by atoms with Gasteiger partial charge in [-0.25, -0.2) is 0 Å². The molecule has 0 aliphatic heterocycles. The van der Waals surface area contributed by atoms with E-state index in [0.717, 1.165) is 18.6 Å². The van der Waals surface area contributed by atoms with E-state index in [4.69, 9.17) is 0 Å². The molecule has 1 unspecified atom stereocenters. The number of hydrogen-bond acceptors (Lipinski definition) is 3. The molecule has 0 rings (SSSR count). The van der Waals surface area contributed by atoms with Crippen LogP contribution in [0, 0.1) is 0 Å². The Labute approximate surface area is 185 Å². The number of aliphatic hydroxyl groups is 1. The maximum atomic E-state index is 11.9. The van der Waals surface area contributed by atoms with Gasteiger partial charge in [-0.1, -0.05) is 110 Å². The van der Waals surface area contributed by atoms with Gasteiger partial charge in [0.15, 0.2) is 0 Å². The zero-order chi connectivity index (χ0) is 21.4. The van der Waals surface area contributed by atoms with Crippen molar-refractivity contribution in [3.63, 3.8) is 0 Å². The van der Waals surface area contributed by atoms with Crippen LogP contribution in [0.4, 0.5) is 0 Å². The van der Waals surface area contributed by atoms with Crippen molar-refractivity contribution in [1.29, 1.82) is 0 Å². The van der Waals surface area contributed by atoms with Crippen LogP contribution in [-0.4, -0.2) is 29.4 Å². The van der Waals surface area contributed by atoms with Gasteiger partial charge in [-0.2, -0.15) is 0 Å². The molecule has 2 N–H and O–H groups in total. The fourth-order valence-corrected chi connectivity index (χ4v) is 4.20. The van der Waals surface area contributed by atoms with Gasteiger partial charge in [0.1, 0.15) is 0 Å². The van der Waals surface area contributed by atoms with Crippen LogP contribution in [0.2, 0.25) is 0 Å². The monoisotopic (exact) mass is 427 g/mol. The molecular formula is C25H49NO2S. The second-order valence-electron chi connectivity index (χ2n) is 8.26.